The first kappa shape index (κ1) is 12.9. The second-order valence-corrected chi connectivity index (χ2v) is 4.04. The van der Waals surface area contributed by atoms with Crippen molar-refractivity contribution in [3.8, 4) is 5.75 Å². The Balaban J connectivity index is 1.95. The molecule has 1 saturated heterocycles. The first-order valence-electron chi connectivity index (χ1n) is 5.89. The first-order valence-corrected chi connectivity index (χ1v) is 5.89. The van der Waals surface area contributed by atoms with E-state index in [1.54, 1.807) is 0 Å². The fraction of sp³-hybridized carbons (Fsp3) is 0.462. The molecule has 0 bridgehead atoms. The van der Waals surface area contributed by atoms with E-state index in [9.17, 15) is 4.79 Å². The van der Waals surface area contributed by atoms with E-state index in [2.05, 4.69) is 0 Å². The minimum Gasteiger partial charge on any atom is -0.494 e. The Morgan fingerprint density at radius 2 is 1.94 bits per heavy atom. The van der Waals surface area contributed by atoms with Crippen LogP contribution in [-0.2, 0) is 14.3 Å². The molecule has 0 radical (unpaired) electrons. The normalized spacial score (nSPS) is 23.6. The van der Waals surface area contributed by atoms with E-state index in [4.69, 9.17) is 19.3 Å². The maximum Gasteiger partial charge on any atom is 0.311 e. The summed E-state index contributed by atoms with van der Waals surface area (Å²) in [7, 11) is 0. The van der Waals surface area contributed by atoms with Gasteiger partial charge in [0.2, 0.25) is 0 Å². The van der Waals surface area contributed by atoms with Crippen LogP contribution in [0, 0.1) is 5.92 Å². The van der Waals surface area contributed by atoms with Gasteiger partial charge in [0.1, 0.15) is 11.7 Å². The predicted molar refractivity (Wildman–Crippen MR) is 63.4 cm³/mol. The van der Waals surface area contributed by atoms with E-state index in [-0.39, 0.29) is 13.2 Å². The van der Waals surface area contributed by atoms with Gasteiger partial charge in [0.15, 0.2) is 6.29 Å². The van der Waals surface area contributed by atoms with Crippen molar-refractivity contribution in [2.45, 2.75) is 13.2 Å². The summed E-state index contributed by atoms with van der Waals surface area (Å²) in [4.78, 5) is 10.7. The van der Waals surface area contributed by atoms with Gasteiger partial charge in [-0.2, -0.15) is 0 Å². The van der Waals surface area contributed by atoms with Gasteiger partial charge in [0, 0.05) is 5.56 Å². The molecule has 0 unspecified atom stereocenters. The summed E-state index contributed by atoms with van der Waals surface area (Å²) in [5, 5.41) is 8.81. The zero-order valence-electron chi connectivity index (χ0n) is 10.2. The summed E-state index contributed by atoms with van der Waals surface area (Å²) < 4.78 is 16.1. The van der Waals surface area contributed by atoms with E-state index < -0.39 is 18.2 Å². The summed E-state index contributed by atoms with van der Waals surface area (Å²) in [5.74, 6) is -0.676. The van der Waals surface area contributed by atoms with Gasteiger partial charge in [-0.25, -0.2) is 0 Å². The molecular weight excluding hydrogens is 236 g/mol. The fourth-order valence-corrected chi connectivity index (χ4v) is 1.73. The molecule has 0 aliphatic carbocycles. The molecule has 0 aromatic heterocycles. The Bertz CT molecular complexity index is 392. The molecule has 1 fully saturated rings. The van der Waals surface area contributed by atoms with Crippen LogP contribution < -0.4 is 4.74 Å². The molecule has 0 saturated carbocycles. The summed E-state index contributed by atoms with van der Waals surface area (Å²) >= 11 is 0. The van der Waals surface area contributed by atoms with Crippen molar-refractivity contribution in [3.63, 3.8) is 0 Å². The second kappa shape index (κ2) is 5.84. The maximum absolute atomic E-state index is 10.7. The molecule has 0 spiro atoms. The zero-order valence-corrected chi connectivity index (χ0v) is 10.2. The number of rotatable bonds is 4. The molecule has 0 atom stereocenters. The molecule has 98 valence electrons. The third-order valence-corrected chi connectivity index (χ3v) is 2.71. The van der Waals surface area contributed by atoms with Crippen LogP contribution in [0.15, 0.2) is 24.3 Å². The van der Waals surface area contributed by atoms with Crippen LogP contribution in [0.1, 0.15) is 18.8 Å². The molecule has 1 N–H and O–H groups in total. The van der Waals surface area contributed by atoms with Gasteiger partial charge in [-0.1, -0.05) is 12.1 Å². The van der Waals surface area contributed by atoms with Crippen LogP contribution in [0.5, 0.6) is 5.75 Å². The molecular formula is C13H16O5. The summed E-state index contributed by atoms with van der Waals surface area (Å²) in [6.07, 6.45) is -0.490. The highest BCUT2D eigenvalue weighted by Crippen LogP contribution is 2.26. The Morgan fingerprint density at radius 1 is 1.33 bits per heavy atom. The third-order valence-electron chi connectivity index (χ3n) is 2.71. The molecule has 1 aliphatic rings. The lowest BCUT2D eigenvalue weighted by molar-refractivity contribution is -0.211. The minimum atomic E-state index is -0.889. The average molecular weight is 252 g/mol. The molecule has 18 heavy (non-hydrogen) atoms. The van der Waals surface area contributed by atoms with Crippen molar-refractivity contribution < 1.29 is 24.1 Å². The van der Waals surface area contributed by atoms with Crippen molar-refractivity contribution in [1.82, 2.24) is 0 Å². The van der Waals surface area contributed by atoms with Gasteiger partial charge < -0.3 is 19.3 Å². The highest BCUT2D eigenvalue weighted by atomic mass is 16.7. The number of carbonyl (C=O) groups is 1. The van der Waals surface area contributed by atoms with Gasteiger partial charge in [-0.15, -0.1) is 0 Å². The number of carboxylic acids is 1. The molecule has 1 aromatic carbocycles. The van der Waals surface area contributed by atoms with Gasteiger partial charge in [0.25, 0.3) is 0 Å². The monoisotopic (exact) mass is 252 g/mol. The minimum absolute atomic E-state index is 0.174. The zero-order chi connectivity index (χ0) is 13.0. The lowest BCUT2D eigenvalue weighted by Gasteiger charge is -2.27. The Kier molecular flexibility index (Phi) is 4.17. The fourth-order valence-electron chi connectivity index (χ4n) is 1.73. The van der Waals surface area contributed by atoms with Crippen molar-refractivity contribution in [2.75, 3.05) is 19.8 Å². The summed E-state index contributed by atoms with van der Waals surface area (Å²) in [6.45, 7) is 2.89. The second-order valence-electron chi connectivity index (χ2n) is 4.04. The average Bonchev–Trinajstić information content (AvgIpc) is 2.40. The molecule has 5 heteroatoms. The van der Waals surface area contributed by atoms with E-state index in [1.165, 1.54) is 0 Å². The number of aliphatic carboxylic acids is 1. The third kappa shape index (κ3) is 3.00. The summed E-state index contributed by atoms with van der Waals surface area (Å²) in [5.41, 5.74) is 0.863. The highest BCUT2D eigenvalue weighted by molar-refractivity contribution is 5.70. The molecule has 5 nitrogen and oxygen atoms in total. The molecule has 1 aromatic rings. The smallest absolute Gasteiger partial charge is 0.311 e. The van der Waals surface area contributed by atoms with E-state index in [1.807, 2.05) is 31.2 Å². The lowest BCUT2D eigenvalue weighted by Crippen LogP contribution is -2.32. The lowest BCUT2D eigenvalue weighted by atomic mass is 10.1. The highest BCUT2D eigenvalue weighted by Gasteiger charge is 2.28. The quantitative estimate of drug-likeness (QED) is 0.885. The van der Waals surface area contributed by atoms with Crippen molar-refractivity contribution in [1.29, 1.82) is 0 Å². The largest absolute Gasteiger partial charge is 0.494 e. The standard InChI is InChI=1S/C13H16O5/c1-2-16-11-5-3-9(4-6-11)13-17-7-10(8-18-13)12(14)15/h3-6,10,13H,2,7-8H2,1H3,(H,14,15). The number of hydrogen-bond acceptors (Lipinski definition) is 4. The number of ether oxygens (including phenoxy) is 3. The molecule has 1 heterocycles. The van der Waals surface area contributed by atoms with Crippen LogP contribution in [0.4, 0.5) is 0 Å². The van der Waals surface area contributed by atoms with Crippen molar-refractivity contribution in [3.05, 3.63) is 29.8 Å². The van der Waals surface area contributed by atoms with Crippen LogP contribution in [0.3, 0.4) is 0 Å². The van der Waals surface area contributed by atoms with Gasteiger partial charge in [0.05, 0.1) is 19.8 Å². The Labute approximate surface area is 105 Å². The van der Waals surface area contributed by atoms with Gasteiger partial charge >= 0.3 is 5.97 Å². The topological polar surface area (TPSA) is 65.0 Å². The van der Waals surface area contributed by atoms with Crippen molar-refractivity contribution in [2.24, 2.45) is 5.92 Å². The number of carboxylic acid groups (broad SMARTS) is 1. The SMILES string of the molecule is CCOc1ccc(C2OCC(C(=O)O)CO2)cc1. The van der Waals surface area contributed by atoms with Gasteiger partial charge in [-0.05, 0) is 19.1 Å². The van der Waals surface area contributed by atoms with E-state index in [0.29, 0.717) is 6.61 Å². The number of benzene rings is 1. The van der Waals surface area contributed by atoms with Gasteiger partial charge in [-0.3, -0.25) is 4.79 Å². The van der Waals surface area contributed by atoms with Crippen LogP contribution in [0.2, 0.25) is 0 Å². The van der Waals surface area contributed by atoms with Crippen molar-refractivity contribution >= 4 is 5.97 Å². The van der Waals surface area contributed by atoms with Crippen LogP contribution in [0.25, 0.3) is 0 Å². The predicted octanol–water partition coefficient (Wildman–Crippen LogP) is 1.83. The molecule has 2 rings (SSSR count). The Hall–Kier alpha value is -1.59. The van der Waals surface area contributed by atoms with E-state index >= 15 is 0 Å². The number of hydrogen-bond donors (Lipinski definition) is 1. The summed E-state index contributed by atoms with van der Waals surface area (Å²) in [6, 6.07) is 7.40. The van der Waals surface area contributed by atoms with E-state index in [0.717, 1.165) is 11.3 Å². The van der Waals surface area contributed by atoms with Crippen LogP contribution in [-0.4, -0.2) is 30.9 Å². The first-order chi connectivity index (χ1) is 8.70. The molecule has 1 aliphatic heterocycles. The molecule has 0 amide bonds. The maximum atomic E-state index is 10.7. The van der Waals surface area contributed by atoms with Crippen LogP contribution >= 0.6 is 0 Å². The Morgan fingerprint density at radius 3 is 2.44 bits per heavy atom.